The van der Waals surface area contributed by atoms with E-state index in [1.54, 1.807) is 0 Å². The Labute approximate surface area is 195 Å². The molecule has 1 N–H and O–H groups in total. The SMILES string of the molecule is CC1(C)C(=O)Nc2ccc(OCCN3CCCN(Cc4ccc5ccccc5n4)CC3)cc21. The van der Waals surface area contributed by atoms with Crippen LogP contribution in [0.25, 0.3) is 10.9 Å². The Morgan fingerprint density at radius 3 is 2.73 bits per heavy atom. The highest BCUT2D eigenvalue weighted by Crippen LogP contribution is 2.39. The summed E-state index contributed by atoms with van der Waals surface area (Å²) in [6.45, 7) is 10.6. The van der Waals surface area contributed by atoms with Gasteiger partial charge in [0.2, 0.25) is 5.91 Å². The molecule has 6 heteroatoms. The molecule has 6 nitrogen and oxygen atoms in total. The van der Waals surface area contributed by atoms with Gasteiger partial charge in [-0.1, -0.05) is 24.3 Å². The van der Waals surface area contributed by atoms with E-state index in [0.29, 0.717) is 6.61 Å². The van der Waals surface area contributed by atoms with Gasteiger partial charge in [0.1, 0.15) is 12.4 Å². The summed E-state index contributed by atoms with van der Waals surface area (Å²) in [7, 11) is 0. The lowest BCUT2D eigenvalue weighted by atomic mass is 9.86. The molecule has 0 radical (unpaired) electrons. The normalized spacial score (nSPS) is 18.7. The largest absolute Gasteiger partial charge is 0.492 e. The van der Waals surface area contributed by atoms with Crippen LogP contribution in [-0.2, 0) is 16.8 Å². The van der Waals surface area contributed by atoms with Crippen molar-refractivity contribution >= 4 is 22.5 Å². The Morgan fingerprint density at radius 2 is 1.82 bits per heavy atom. The fourth-order valence-corrected chi connectivity index (χ4v) is 4.76. The van der Waals surface area contributed by atoms with Gasteiger partial charge < -0.3 is 10.1 Å². The summed E-state index contributed by atoms with van der Waals surface area (Å²) in [4.78, 5) is 22.0. The molecule has 0 aliphatic carbocycles. The van der Waals surface area contributed by atoms with Crippen molar-refractivity contribution in [2.45, 2.75) is 32.2 Å². The fourth-order valence-electron chi connectivity index (χ4n) is 4.76. The third-order valence-electron chi connectivity index (χ3n) is 6.88. The fraction of sp³-hybridized carbons (Fsp3) is 0.407. The van der Waals surface area contributed by atoms with E-state index in [0.717, 1.165) is 73.9 Å². The minimum absolute atomic E-state index is 0.0441. The van der Waals surface area contributed by atoms with E-state index in [1.807, 2.05) is 38.1 Å². The van der Waals surface area contributed by atoms with Gasteiger partial charge in [-0.15, -0.1) is 0 Å². The van der Waals surface area contributed by atoms with Crippen molar-refractivity contribution in [1.82, 2.24) is 14.8 Å². The predicted molar refractivity (Wildman–Crippen MR) is 132 cm³/mol. The van der Waals surface area contributed by atoms with Gasteiger partial charge in [-0.05, 0) is 69.3 Å². The highest BCUT2D eigenvalue weighted by molar-refractivity contribution is 6.05. The molecular weight excluding hydrogens is 412 g/mol. The third-order valence-corrected chi connectivity index (χ3v) is 6.88. The van der Waals surface area contributed by atoms with Crippen molar-refractivity contribution in [3.05, 3.63) is 65.9 Å². The quantitative estimate of drug-likeness (QED) is 0.622. The second kappa shape index (κ2) is 9.12. The molecular formula is C27H32N4O2. The van der Waals surface area contributed by atoms with Gasteiger partial charge in [0.05, 0.1) is 16.6 Å². The number of benzene rings is 2. The van der Waals surface area contributed by atoms with E-state index in [-0.39, 0.29) is 5.91 Å². The van der Waals surface area contributed by atoms with Crippen molar-refractivity contribution in [2.24, 2.45) is 0 Å². The summed E-state index contributed by atoms with van der Waals surface area (Å²) in [5.41, 5.74) is 3.60. The maximum Gasteiger partial charge on any atom is 0.234 e. The summed E-state index contributed by atoms with van der Waals surface area (Å²) in [6, 6.07) is 18.5. The lowest BCUT2D eigenvalue weighted by molar-refractivity contribution is -0.119. The van der Waals surface area contributed by atoms with Crippen LogP contribution in [0.1, 0.15) is 31.5 Å². The lowest BCUT2D eigenvalue weighted by Gasteiger charge is -2.22. The number of para-hydroxylation sites is 1. The Balaban J connectivity index is 1.11. The first-order chi connectivity index (χ1) is 16.0. The summed E-state index contributed by atoms with van der Waals surface area (Å²) in [6.07, 6.45) is 1.15. The number of rotatable bonds is 6. The second-order valence-corrected chi connectivity index (χ2v) is 9.60. The first-order valence-electron chi connectivity index (χ1n) is 11.9. The minimum atomic E-state index is -0.511. The van der Waals surface area contributed by atoms with E-state index < -0.39 is 5.41 Å². The van der Waals surface area contributed by atoms with Gasteiger partial charge in [0, 0.05) is 37.3 Å². The molecule has 0 saturated carbocycles. The third kappa shape index (κ3) is 4.72. The van der Waals surface area contributed by atoms with Crippen molar-refractivity contribution in [2.75, 3.05) is 44.6 Å². The maximum absolute atomic E-state index is 12.2. The average molecular weight is 445 g/mol. The van der Waals surface area contributed by atoms with E-state index >= 15 is 0 Å². The minimum Gasteiger partial charge on any atom is -0.492 e. The number of nitrogens with zero attached hydrogens (tertiary/aromatic N) is 3. The first kappa shape index (κ1) is 21.9. The van der Waals surface area contributed by atoms with Crippen LogP contribution < -0.4 is 10.1 Å². The zero-order valence-electron chi connectivity index (χ0n) is 19.5. The molecule has 1 saturated heterocycles. The highest BCUT2D eigenvalue weighted by atomic mass is 16.5. The van der Waals surface area contributed by atoms with Gasteiger partial charge in [0.25, 0.3) is 0 Å². The zero-order valence-corrected chi connectivity index (χ0v) is 19.5. The van der Waals surface area contributed by atoms with Gasteiger partial charge >= 0.3 is 0 Å². The van der Waals surface area contributed by atoms with Crippen molar-refractivity contribution in [3.8, 4) is 5.75 Å². The van der Waals surface area contributed by atoms with E-state index in [9.17, 15) is 4.79 Å². The van der Waals surface area contributed by atoms with Crippen LogP contribution in [0.15, 0.2) is 54.6 Å². The number of anilines is 1. The number of ether oxygens (including phenoxy) is 1. The first-order valence-corrected chi connectivity index (χ1v) is 11.9. The standard InChI is InChI=1S/C27H32N4O2/c1-27(2)23-18-22(10-11-25(23)29-26(27)32)33-17-16-30-12-5-13-31(15-14-30)19-21-9-8-20-6-3-4-7-24(20)28-21/h3-4,6-11,18H,5,12-17,19H2,1-2H3,(H,29,32). The number of pyridine rings is 1. The molecule has 3 heterocycles. The molecule has 2 aliphatic heterocycles. The van der Waals surface area contributed by atoms with Gasteiger partial charge in [-0.3, -0.25) is 19.6 Å². The molecule has 33 heavy (non-hydrogen) atoms. The van der Waals surface area contributed by atoms with Crippen LogP contribution in [0.4, 0.5) is 5.69 Å². The van der Waals surface area contributed by atoms with E-state index in [2.05, 4.69) is 45.4 Å². The molecule has 1 aromatic heterocycles. The van der Waals surface area contributed by atoms with Gasteiger partial charge in [-0.25, -0.2) is 0 Å². The number of carbonyl (C=O) groups excluding carboxylic acids is 1. The maximum atomic E-state index is 12.2. The molecule has 3 aromatic rings. The van der Waals surface area contributed by atoms with Crippen LogP contribution in [-0.4, -0.2) is 60.0 Å². The molecule has 0 spiro atoms. The number of amides is 1. The van der Waals surface area contributed by atoms with E-state index in [1.165, 1.54) is 5.39 Å². The zero-order chi connectivity index (χ0) is 22.8. The Bertz CT molecular complexity index is 1160. The average Bonchev–Trinajstić information content (AvgIpc) is 2.95. The topological polar surface area (TPSA) is 57.7 Å². The highest BCUT2D eigenvalue weighted by Gasteiger charge is 2.38. The van der Waals surface area contributed by atoms with Crippen molar-refractivity contribution < 1.29 is 9.53 Å². The number of carbonyl (C=O) groups is 1. The molecule has 1 amide bonds. The summed E-state index contributed by atoms with van der Waals surface area (Å²) >= 11 is 0. The van der Waals surface area contributed by atoms with E-state index in [4.69, 9.17) is 9.72 Å². The van der Waals surface area contributed by atoms with Gasteiger partial charge in [0.15, 0.2) is 0 Å². The molecule has 1 fully saturated rings. The summed E-state index contributed by atoms with van der Waals surface area (Å²) < 4.78 is 6.06. The monoisotopic (exact) mass is 444 g/mol. The smallest absolute Gasteiger partial charge is 0.234 e. The molecule has 0 unspecified atom stereocenters. The Morgan fingerprint density at radius 1 is 1.00 bits per heavy atom. The molecule has 172 valence electrons. The Kier molecular flexibility index (Phi) is 6.04. The number of hydrogen-bond acceptors (Lipinski definition) is 5. The number of fused-ring (bicyclic) bond motifs is 2. The van der Waals surface area contributed by atoms with Crippen molar-refractivity contribution in [1.29, 1.82) is 0 Å². The lowest BCUT2D eigenvalue weighted by Crippen LogP contribution is -2.33. The van der Waals surface area contributed by atoms with Crippen LogP contribution in [0.3, 0.4) is 0 Å². The molecule has 0 atom stereocenters. The molecule has 0 bridgehead atoms. The van der Waals surface area contributed by atoms with Crippen LogP contribution in [0.2, 0.25) is 0 Å². The van der Waals surface area contributed by atoms with Crippen LogP contribution in [0, 0.1) is 0 Å². The van der Waals surface area contributed by atoms with Gasteiger partial charge in [-0.2, -0.15) is 0 Å². The second-order valence-electron chi connectivity index (χ2n) is 9.60. The molecule has 2 aromatic carbocycles. The number of aromatic nitrogens is 1. The summed E-state index contributed by atoms with van der Waals surface area (Å²) in [5.74, 6) is 0.875. The summed E-state index contributed by atoms with van der Waals surface area (Å²) in [5, 5.41) is 4.14. The molecule has 2 aliphatic rings. The van der Waals surface area contributed by atoms with Crippen LogP contribution in [0.5, 0.6) is 5.75 Å². The number of nitrogens with one attached hydrogen (secondary N) is 1. The van der Waals surface area contributed by atoms with Crippen molar-refractivity contribution in [3.63, 3.8) is 0 Å². The number of hydrogen-bond donors (Lipinski definition) is 1. The molecule has 5 rings (SSSR count). The van der Waals surface area contributed by atoms with Crippen LogP contribution >= 0.6 is 0 Å². The Hall–Kier alpha value is -2.96. The predicted octanol–water partition coefficient (Wildman–Crippen LogP) is 4.05.